The number of nitrogens with one attached hydrogen (secondary N) is 3. The monoisotopic (exact) mass is 354 g/mol. The van der Waals surface area contributed by atoms with Crippen molar-refractivity contribution in [3.63, 3.8) is 0 Å². The van der Waals surface area contributed by atoms with E-state index in [9.17, 15) is 10.1 Å². The number of aromatic nitrogens is 2. The van der Waals surface area contributed by atoms with E-state index in [0.29, 0.717) is 13.0 Å². The van der Waals surface area contributed by atoms with E-state index < -0.39 is 0 Å². The lowest BCUT2D eigenvalue weighted by molar-refractivity contribution is -0.117. The molecule has 0 aliphatic rings. The fraction of sp³-hybridized carbons (Fsp3) is 0.0909. The smallest absolute Gasteiger partial charge is 0.261 e. The van der Waals surface area contributed by atoms with Crippen molar-refractivity contribution < 1.29 is 4.79 Å². The Morgan fingerprint density at radius 2 is 1.67 bits per heavy atom. The van der Waals surface area contributed by atoms with E-state index in [1.807, 2.05) is 54.7 Å². The Balaban J connectivity index is 1.45. The summed E-state index contributed by atoms with van der Waals surface area (Å²) in [5.41, 5.74) is 4.12. The lowest BCUT2D eigenvalue weighted by Gasteiger charge is -2.04. The van der Waals surface area contributed by atoms with Gasteiger partial charge < -0.3 is 15.3 Å². The van der Waals surface area contributed by atoms with Crippen LogP contribution >= 0.6 is 0 Å². The largest absolute Gasteiger partial charge is 0.361 e. The Labute approximate surface area is 156 Å². The first-order chi connectivity index (χ1) is 13.3. The number of fused-ring (bicyclic) bond motifs is 2. The molecule has 2 heterocycles. The van der Waals surface area contributed by atoms with Gasteiger partial charge in [0, 0.05) is 46.3 Å². The molecule has 0 spiro atoms. The predicted octanol–water partition coefficient (Wildman–Crippen LogP) is 3.92. The zero-order valence-electron chi connectivity index (χ0n) is 14.6. The zero-order valence-corrected chi connectivity index (χ0v) is 14.6. The lowest BCUT2D eigenvalue weighted by atomic mass is 10.1. The summed E-state index contributed by atoms with van der Waals surface area (Å²) in [6, 6.07) is 17.9. The number of benzene rings is 2. The van der Waals surface area contributed by atoms with Crippen LogP contribution in [0.15, 0.2) is 66.5 Å². The maximum absolute atomic E-state index is 12.4. The molecule has 0 bridgehead atoms. The number of carbonyl (C=O) groups is 1. The molecule has 0 radical (unpaired) electrons. The Morgan fingerprint density at radius 3 is 2.44 bits per heavy atom. The molecule has 0 aliphatic carbocycles. The molecule has 0 atom stereocenters. The molecule has 4 aromatic rings. The van der Waals surface area contributed by atoms with Crippen molar-refractivity contribution in [1.29, 1.82) is 5.26 Å². The normalized spacial score (nSPS) is 11.6. The average molecular weight is 354 g/mol. The molecule has 2 aromatic carbocycles. The highest BCUT2D eigenvalue weighted by atomic mass is 16.1. The minimum atomic E-state index is -0.359. The van der Waals surface area contributed by atoms with Gasteiger partial charge in [-0.3, -0.25) is 4.79 Å². The fourth-order valence-corrected chi connectivity index (χ4v) is 3.26. The molecule has 1 amide bonds. The van der Waals surface area contributed by atoms with Crippen molar-refractivity contribution in [2.75, 3.05) is 6.54 Å². The Bertz CT molecular complexity index is 1190. The molecule has 0 saturated heterocycles. The summed E-state index contributed by atoms with van der Waals surface area (Å²) in [4.78, 5) is 18.8. The highest BCUT2D eigenvalue weighted by molar-refractivity contribution is 6.03. The molecule has 4 rings (SSSR count). The summed E-state index contributed by atoms with van der Waals surface area (Å²) in [7, 11) is 0. The number of nitriles is 1. The van der Waals surface area contributed by atoms with E-state index in [1.54, 1.807) is 12.3 Å². The topological polar surface area (TPSA) is 84.5 Å². The first-order valence-electron chi connectivity index (χ1n) is 8.77. The molecule has 5 heteroatoms. The minimum Gasteiger partial charge on any atom is -0.361 e. The third-order valence-corrected chi connectivity index (χ3v) is 4.64. The second-order valence-electron chi connectivity index (χ2n) is 6.32. The number of para-hydroxylation sites is 2. The van der Waals surface area contributed by atoms with Crippen LogP contribution in [0, 0.1) is 11.3 Å². The molecule has 132 valence electrons. The third-order valence-electron chi connectivity index (χ3n) is 4.64. The molecule has 5 nitrogen and oxygen atoms in total. The Hall–Kier alpha value is -3.78. The quantitative estimate of drug-likeness (QED) is 0.375. The first kappa shape index (κ1) is 16.7. The zero-order chi connectivity index (χ0) is 18.6. The van der Waals surface area contributed by atoms with Gasteiger partial charge in [0.1, 0.15) is 11.6 Å². The van der Waals surface area contributed by atoms with Crippen molar-refractivity contribution in [1.82, 2.24) is 15.3 Å². The minimum absolute atomic E-state index is 0.0960. The molecule has 0 aliphatic heterocycles. The van der Waals surface area contributed by atoms with Gasteiger partial charge in [0.25, 0.3) is 5.91 Å². The molecule has 0 fully saturated rings. The van der Waals surface area contributed by atoms with Crippen LogP contribution in [0.4, 0.5) is 0 Å². The van der Waals surface area contributed by atoms with Crippen molar-refractivity contribution in [3.05, 3.63) is 77.6 Å². The highest BCUT2D eigenvalue weighted by Gasteiger charge is 2.11. The number of amides is 1. The van der Waals surface area contributed by atoms with Gasteiger partial charge in [-0.15, -0.1) is 0 Å². The maximum Gasteiger partial charge on any atom is 0.261 e. The van der Waals surface area contributed by atoms with Gasteiger partial charge in [0.05, 0.1) is 0 Å². The number of aromatic amines is 2. The Kier molecular flexibility index (Phi) is 4.46. The second kappa shape index (κ2) is 7.22. The molecule has 3 N–H and O–H groups in total. The number of rotatable bonds is 5. The summed E-state index contributed by atoms with van der Waals surface area (Å²) < 4.78 is 0. The van der Waals surface area contributed by atoms with E-state index in [1.165, 1.54) is 0 Å². The SMILES string of the molecule is N#C/C(=C/c1c[nH]c2ccccc12)C(=O)NCCc1c[nH]c2ccccc12. The van der Waals surface area contributed by atoms with Crippen molar-refractivity contribution >= 4 is 33.8 Å². The average Bonchev–Trinajstić information content (AvgIpc) is 3.30. The maximum atomic E-state index is 12.4. The summed E-state index contributed by atoms with van der Waals surface area (Å²) in [5, 5.41) is 14.4. The Morgan fingerprint density at radius 1 is 1.00 bits per heavy atom. The van der Waals surface area contributed by atoms with E-state index in [-0.39, 0.29) is 11.5 Å². The van der Waals surface area contributed by atoms with Crippen LogP contribution in [0.3, 0.4) is 0 Å². The standard InChI is InChI=1S/C22H18N4O/c23-12-16(11-17-14-26-21-8-4-2-6-19(17)21)22(27)24-10-9-15-13-25-20-7-3-1-5-18(15)20/h1-8,11,13-14,25-26H,9-10H2,(H,24,27)/b16-11-. The number of H-pyrrole nitrogens is 2. The third kappa shape index (κ3) is 3.33. The van der Waals surface area contributed by atoms with Gasteiger partial charge in [0.2, 0.25) is 0 Å². The van der Waals surface area contributed by atoms with Gasteiger partial charge in [0.15, 0.2) is 0 Å². The molecular formula is C22H18N4O. The van der Waals surface area contributed by atoms with E-state index >= 15 is 0 Å². The first-order valence-corrected chi connectivity index (χ1v) is 8.77. The number of nitrogens with zero attached hydrogens (tertiary/aromatic N) is 1. The van der Waals surface area contributed by atoms with Crippen LogP contribution in [0.25, 0.3) is 27.9 Å². The van der Waals surface area contributed by atoms with E-state index in [4.69, 9.17) is 0 Å². The lowest BCUT2D eigenvalue weighted by Crippen LogP contribution is -2.26. The van der Waals surface area contributed by atoms with Gasteiger partial charge in [-0.05, 0) is 30.2 Å². The predicted molar refractivity (Wildman–Crippen MR) is 107 cm³/mol. The second-order valence-corrected chi connectivity index (χ2v) is 6.32. The molecule has 27 heavy (non-hydrogen) atoms. The summed E-state index contributed by atoms with van der Waals surface area (Å²) in [6.45, 7) is 0.466. The van der Waals surface area contributed by atoms with Gasteiger partial charge in [-0.25, -0.2) is 0 Å². The van der Waals surface area contributed by atoms with Crippen LogP contribution in [0.5, 0.6) is 0 Å². The van der Waals surface area contributed by atoms with Crippen molar-refractivity contribution in [3.8, 4) is 6.07 Å². The summed E-state index contributed by atoms with van der Waals surface area (Å²) in [6.07, 6.45) is 6.09. The highest BCUT2D eigenvalue weighted by Crippen LogP contribution is 2.20. The molecule has 0 unspecified atom stereocenters. The molecule has 2 aromatic heterocycles. The number of hydrogen-bond donors (Lipinski definition) is 3. The van der Waals surface area contributed by atoms with Crippen LogP contribution in [-0.4, -0.2) is 22.4 Å². The number of carbonyl (C=O) groups excluding carboxylic acids is 1. The van der Waals surface area contributed by atoms with Gasteiger partial charge in [-0.2, -0.15) is 5.26 Å². The summed E-state index contributed by atoms with van der Waals surface area (Å²) in [5.74, 6) is -0.359. The summed E-state index contributed by atoms with van der Waals surface area (Å²) >= 11 is 0. The van der Waals surface area contributed by atoms with Crippen molar-refractivity contribution in [2.24, 2.45) is 0 Å². The molecular weight excluding hydrogens is 336 g/mol. The number of hydrogen-bond acceptors (Lipinski definition) is 2. The van der Waals surface area contributed by atoms with Crippen LogP contribution in [0.1, 0.15) is 11.1 Å². The van der Waals surface area contributed by atoms with Crippen LogP contribution in [0.2, 0.25) is 0 Å². The van der Waals surface area contributed by atoms with Crippen LogP contribution < -0.4 is 5.32 Å². The van der Waals surface area contributed by atoms with Gasteiger partial charge >= 0.3 is 0 Å². The van der Waals surface area contributed by atoms with Crippen molar-refractivity contribution in [2.45, 2.75) is 6.42 Å². The van der Waals surface area contributed by atoms with Crippen LogP contribution in [-0.2, 0) is 11.2 Å². The molecule has 0 saturated carbocycles. The fourth-order valence-electron chi connectivity index (χ4n) is 3.26. The van der Waals surface area contributed by atoms with E-state index in [0.717, 1.165) is 32.9 Å². The van der Waals surface area contributed by atoms with E-state index in [2.05, 4.69) is 21.4 Å². The van der Waals surface area contributed by atoms with Gasteiger partial charge in [-0.1, -0.05) is 36.4 Å².